The summed E-state index contributed by atoms with van der Waals surface area (Å²) in [5.74, 6) is 0.809. The first-order chi connectivity index (χ1) is 10.2. The zero-order chi connectivity index (χ0) is 15.1. The van der Waals surface area contributed by atoms with Crippen LogP contribution in [-0.4, -0.2) is 61.4 Å². The first kappa shape index (κ1) is 16.3. The number of amides is 2. The second-order valence-electron chi connectivity index (χ2n) is 6.25. The Bertz CT molecular complexity index is 345. The summed E-state index contributed by atoms with van der Waals surface area (Å²) in [6.45, 7) is 3.72. The minimum absolute atomic E-state index is 0.231. The van der Waals surface area contributed by atoms with E-state index < -0.39 is 0 Å². The van der Waals surface area contributed by atoms with Crippen LogP contribution in [0, 0.1) is 5.92 Å². The molecule has 0 aromatic heterocycles. The molecule has 1 saturated heterocycles. The molecule has 1 heterocycles. The van der Waals surface area contributed by atoms with Gasteiger partial charge in [0.2, 0.25) is 11.8 Å². The zero-order valence-electron chi connectivity index (χ0n) is 13.3. The van der Waals surface area contributed by atoms with Gasteiger partial charge in [-0.1, -0.05) is 19.3 Å². The van der Waals surface area contributed by atoms with Crippen molar-refractivity contribution >= 4 is 11.8 Å². The summed E-state index contributed by atoms with van der Waals surface area (Å²) >= 11 is 0. The van der Waals surface area contributed by atoms with Gasteiger partial charge in [0.15, 0.2) is 0 Å². The highest BCUT2D eigenvalue weighted by atomic mass is 16.2. The standard InChI is InChI=1S/C16H29N3O2/c1-17-9-5-8-15(20)18-10-12-19(13-11-18)16(21)14-6-3-2-4-7-14/h14,17H,2-13H2,1H3. The molecule has 0 aromatic rings. The van der Waals surface area contributed by atoms with E-state index in [1.54, 1.807) is 0 Å². The van der Waals surface area contributed by atoms with Crippen molar-refractivity contribution in [3.63, 3.8) is 0 Å². The molecule has 0 spiro atoms. The van der Waals surface area contributed by atoms with Crippen LogP contribution in [0.25, 0.3) is 0 Å². The summed E-state index contributed by atoms with van der Waals surface area (Å²) in [5, 5.41) is 3.06. The molecule has 2 rings (SSSR count). The number of nitrogens with zero attached hydrogens (tertiary/aromatic N) is 2. The molecule has 0 bridgehead atoms. The number of rotatable bonds is 5. The Labute approximate surface area is 128 Å². The normalized spacial score (nSPS) is 20.6. The number of carbonyl (C=O) groups excluding carboxylic acids is 2. The number of piperazine rings is 1. The maximum Gasteiger partial charge on any atom is 0.225 e. The molecular formula is C16H29N3O2. The Kier molecular flexibility index (Phi) is 6.49. The van der Waals surface area contributed by atoms with E-state index in [0.29, 0.717) is 38.5 Å². The number of hydrogen-bond donors (Lipinski definition) is 1. The Morgan fingerprint density at radius 3 is 2.24 bits per heavy atom. The van der Waals surface area contributed by atoms with Gasteiger partial charge in [-0.2, -0.15) is 0 Å². The van der Waals surface area contributed by atoms with E-state index in [1.807, 2.05) is 16.8 Å². The predicted octanol–water partition coefficient (Wildman–Crippen LogP) is 1.24. The highest BCUT2D eigenvalue weighted by Crippen LogP contribution is 2.25. The smallest absolute Gasteiger partial charge is 0.225 e. The quantitative estimate of drug-likeness (QED) is 0.776. The molecule has 1 N–H and O–H groups in total. The molecule has 21 heavy (non-hydrogen) atoms. The molecule has 0 aromatic carbocycles. The molecule has 0 atom stereocenters. The van der Waals surface area contributed by atoms with E-state index >= 15 is 0 Å². The average Bonchev–Trinajstić information content (AvgIpc) is 2.55. The van der Waals surface area contributed by atoms with Gasteiger partial charge in [0.05, 0.1) is 0 Å². The fourth-order valence-electron chi connectivity index (χ4n) is 3.36. The minimum Gasteiger partial charge on any atom is -0.339 e. The second-order valence-corrected chi connectivity index (χ2v) is 6.25. The molecule has 0 unspecified atom stereocenters. The Hall–Kier alpha value is -1.10. The van der Waals surface area contributed by atoms with E-state index in [4.69, 9.17) is 0 Å². The number of hydrogen-bond acceptors (Lipinski definition) is 3. The van der Waals surface area contributed by atoms with Crippen LogP contribution in [-0.2, 0) is 9.59 Å². The molecule has 0 radical (unpaired) electrons. The molecule has 120 valence electrons. The topological polar surface area (TPSA) is 52.7 Å². The maximum absolute atomic E-state index is 12.5. The molecule has 1 aliphatic carbocycles. The molecule has 1 saturated carbocycles. The van der Waals surface area contributed by atoms with Gasteiger partial charge in [-0.3, -0.25) is 9.59 Å². The third-order valence-corrected chi connectivity index (χ3v) is 4.72. The zero-order valence-corrected chi connectivity index (χ0v) is 13.3. The Balaban J connectivity index is 1.72. The van der Waals surface area contributed by atoms with Crippen LogP contribution in [0.15, 0.2) is 0 Å². The van der Waals surface area contributed by atoms with Crippen LogP contribution in [0.3, 0.4) is 0 Å². The first-order valence-electron chi connectivity index (χ1n) is 8.43. The van der Waals surface area contributed by atoms with Crippen LogP contribution in [0.4, 0.5) is 0 Å². The van der Waals surface area contributed by atoms with Gasteiger partial charge in [-0.25, -0.2) is 0 Å². The number of carbonyl (C=O) groups is 2. The van der Waals surface area contributed by atoms with Crippen molar-refractivity contribution in [2.75, 3.05) is 39.8 Å². The van der Waals surface area contributed by atoms with Crippen molar-refractivity contribution < 1.29 is 9.59 Å². The molecular weight excluding hydrogens is 266 g/mol. The monoisotopic (exact) mass is 295 g/mol. The van der Waals surface area contributed by atoms with Crippen LogP contribution in [0.2, 0.25) is 0 Å². The molecule has 2 amide bonds. The van der Waals surface area contributed by atoms with Crippen LogP contribution < -0.4 is 5.32 Å². The van der Waals surface area contributed by atoms with Gasteiger partial charge in [-0.05, 0) is 32.9 Å². The minimum atomic E-state index is 0.231. The lowest BCUT2D eigenvalue weighted by Crippen LogP contribution is -2.52. The summed E-state index contributed by atoms with van der Waals surface area (Å²) in [6.07, 6.45) is 7.28. The second kappa shape index (κ2) is 8.37. The SMILES string of the molecule is CNCCCC(=O)N1CCN(C(=O)C2CCCCC2)CC1. The molecule has 2 fully saturated rings. The summed E-state index contributed by atoms with van der Waals surface area (Å²) in [6, 6.07) is 0. The lowest BCUT2D eigenvalue weighted by Gasteiger charge is -2.37. The van der Waals surface area contributed by atoms with E-state index in [1.165, 1.54) is 19.3 Å². The van der Waals surface area contributed by atoms with Gasteiger partial charge in [0.1, 0.15) is 0 Å². The summed E-state index contributed by atoms with van der Waals surface area (Å²) < 4.78 is 0. The lowest BCUT2D eigenvalue weighted by molar-refractivity contribution is -0.142. The van der Waals surface area contributed by atoms with Crippen molar-refractivity contribution in [1.29, 1.82) is 0 Å². The van der Waals surface area contributed by atoms with E-state index in [0.717, 1.165) is 25.8 Å². The van der Waals surface area contributed by atoms with Gasteiger partial charge in [-0.15, -0.1) is 0 Å². The lowest BCUT2D eigenvalue weighted by atomic mass is 9.88. The highest BCUT2D eigenvalue weighted by Gasteiger charge is 2.29. The first-order valence-corrected chi connectivity index (χ1v) is 8.43. The fourth-order valence-corrected chi connectivity index (χ4v) is 3.36. The molecule has 2 aliphatic rings. The summed E-state index contributed by atoms with van der Waals surface area (Å²) in [4.78, 5) is 28.4. The third kappa shape index (κ3) is 4.70. The fraction of sp³-hybridized carbons (Fsp3) is 0.875. The van der Waals surface area contributed by atoms with Crippen LogP contribution in [0.5, 0.6) is 0 Å². The van der Waals surface area contributed by atoms with Crippen LogP contribution in [0.1, 0.15) is 44.9 Å². The van der Waals surface area contributed by atoms with Crippen molar-refractivity contribution in [2.45, 2.75) is 44.9 Å². The Morgan fingerprint density at radius 1 is 1.00 bits per heavy atom. The van der Waals surface area contributed by atoms with Crippen molar-refractivity contribution in [3.05, 3.63) is 0 Å². The van der Waals surface area contributed by atoms with E-state index in [-0.39, 0.29) is 11.8 Å². The third-order valence-electron chi connectivity index (χ3n) is 4.72. The predicted molar refractivity (Wildman–Crippen MR) is 82.9 cm³/mol. The highest BCUT2D eigenvalue weighted by molar-refractivity contribution is 5.80. The summed E-state index contributed by atoms with van der Waals surface area (Å²) in [7, 11) is 1.90. The molecule has 1 aliphatic heterocycles. The van der Waals surface area contributed by atoms with Gasteiger partial charge >= 0.3 is 0 Å². The molecule has 5 nitrogen and oxygen atoms in total. The van der Waals surface area contributed by atoms with E-state index in [9.17, 15) is 9.59 Å². The van der Waals surface area contributed by atoms with Gasteiger partial charge < -0.3 is 15.1 Å². The van der Waals surface area contributed by atoms with Crippen molar-refractivity contribution in [2.24, 2.45) is 5.92 Å². The summed E-state index contributed by atoms with van der Waals surface area (Å²) in [5.41, 5.74) is 0. The van der Waals surface area contributed by atoms with Gasteiger partial charge in [0, 0.05) is 38.5 Å². The molecule has 5 heteroatoms. The van der Waals surface area contributed by atoms with Crippen molar-refractivity contribution in [3.8, 4) is 0 Å². The Morgan fingerprint density at radius 2 is 1.62 bits per heavy atom. The van der Waals surface area contributed by atoms with Crippen molar-refractivity contribution in [1.82, 2.24) is 15.1 Å². The average molecular weight is 295 g/mol. The maximum atomic E-state index is 12.5. The van der Waals surface area contributed by atoms with Gasteiger partial charge in [0.25, 0.3) is 0 Å². The number of nitrogens with one attached hydrogen (secondary N) is 1. The van der Waals surface area contributed by atoms with E-state index in [2.05, 4.69) is 5.32 Å². The largest absolute Gasteiger partial charge is 0.339 e. The van der Waals surface area contributed by atoms with Crippen LogP contribution >= 0.6 is 0 Å².